The number of carbonyl (C=O) groups excluding carboxylic acids is 1. The summed E-state index contributed by atoms with van der Waals surface area (Å²) in [5.74, 6) is -1.48. The minimum atomic E-state index is -4.94. The monoisotopic (exact) mass is 566 g/mol. The first-order valence-corrected chi connectivity index (χ1v) is 13.5. The van der Waals surface area contributed by atoms with E-state index in [-0.39, 0.29) is 27.8 Å². The van der Waals surface area contributed by atoms with Gasteiger partial charge in [0.2, 0.25) is 0 Å². The lowest BCUT2D eigenvalue weighted by molar-refractivity contribution is -0.275. The number of hydrogen-bond acceptors (Lipinski definition) is 4. The summed E-state index contributed by atoms with van der Waals surface area (Å²) in [4.78, 5) is 17.7. The number of nitrogens with zero attached hydrogens (tertiary/aromatic N) is 2. The molecular weight excluding hydrogens is 543 g/mol. The zero-order valence-corrected chi connectivity index (χ0v) is 22.2. The fourth-order valence-corrected chi connectivity index (χ4v) is 6.08. The number of rotatable bonds is 6. The van der Waals surface area contributed by atoms with Gasteiger partial charge in [-0.3, -0.25) is 4.79 Å². The number of aryl methyl sites for hydroxylation is 1. The number of alkyl halides is 3. The van der Waals surface area contributed by atoms with Crippen LogP contribution in [-0.2, 0) is 20.2 Å². The Labute approximate surface area is 217 Å². The molecule has 1 heterocycles. The molecule has 5 nitrogen and oxygen atoms in total. The largest absolute Gasteiger partial charge is 0.435 e. The van der Waals surface area contributed by atoms with Crippen molar-refractivity contribution in [2.45, 2.75) is 57.6 Å². The quantitative estimate of drug-likeness (QED) is 0.269. The maximum atomic E-state index is 14.2. The van der Waals surface area contributed by atoms with Crippen LogP contribution in [0.25, 0.3) is 0 Å². The molecule has 2 aromatic rings. The Hall–Kier alpha value is -2.17. The van der Waals surface area contributed by atoms with E-state index in [1.807, 2.05) is 6.92 Å². The van der Waals surface area contributed by atoms with Crippen LogP contribution >= 0.6 is 23.2 Å². The SMILES string of the molecule is CCC(C)S(=O)(CC)=NC(=O)c1ccc(C2=NOC(c3cc(Cl)c(F)c(Cl)c3)(C(F)(F)F)C2)cc1C. The number of benzene rings is 2. The Bertz CT molecular complexity index is 1330. The average Bonchev–Trinajstić information content (AvgIpc) is 3.28. The highest BCUT2D eigenvalue weighted by Gasteiger charge is 2.62. The van der Waals surface area contributed by atoms with Crippen LogP contribution in [0, 0.1) is 12.7 Å². The van der Waals surface area contributed by atoms with Crippen molar-refractivity contribution in [1.29, 1.82) is 0 Å². The summed E-state index contributed by atoms with van der Waals surface area (Å²) in [5.41, 5.74) is -2.58. The molecule has 36 heavy (non-hydrogen) atoms. The van der Waals surface area contributed by atoms with E-state index in [4.69, 9.17) is 28.0 Å². The molecule has 0 N–H and O–H groups in total. The maximum absolute atomic E-state index is 14.2. The smallest absolute Gasteiger partial charge is 0.374 e. The standard InChI is InChI=1S/C24H24Cl2F4N2O3S/c1-5-14(4)36(34,6-2)32-22(33)17-8-7-15(9-13(17)3)20-12-23(35-31-20,24(28,29)30)16-10-18(25)21(27)19(26)11-16/h7-11,14H,5-6,12H2,1-4H3. The third-order valence-electron chi connectivity index (χ3n) is 6.28. The first-order chi connectivity index (χ1) is 16.7. The molecular formula is C24H24Cl2F4N2O3S. The number of hydrogen-bond donors (Lipinski definition) is 0. The van der Waals surface area contributed by atoms with Gasteiger partial charge < -0.3 is 4.84 Å². The zero-order chi connectivity index (χ0) is 27.1. The number of halogens is 6. The molecule has 3 unspecified atom stereocenters. The van der Waals surface area contributed by atoms with Gasteiger partial charge in [0.1, 0.15) is 0 Å². The van der Waals surface area contributed by atoms with Gasteiger partial charge in [-0.05, 0) is 55.7 Å². The molecule has 1 aliphatic rings. The van der Waals surface area contributed by atoms with Crippen LogP contribution in [0.15, 0.2) is 39.9 Å². The second-order valence-electron chi connectivity index (χ2n) is 8.51. The molecule has 0 spiro atoms. The molecule has 0 saturated carbocycles. The maximum Gasteiger partial charge on any atom is 0.435 e. The van der Waals surface area contributed by atoms with Gasteiger partial charge in [0.15, 0.2) is 5.82 Å². The van der Waals surface area contributed by atoms with Crippen molar-refractivity contribution in [3.05, 3.63) is 68.4 Å². The van der Waals surface area contributed by atoms with Crippen LogP contribution in [0.3, 0.4) is 0 Å². The van der Waals surface area contributed by atoms with Crippen LogP contribution in [0.4, 0.5) is 17.6 Å². The van der Waals surface area contributed by atoms with E-state index in [0.29, 0.717) is 12.0 Å². The zero-order valence-electron chi connectivity index (χ0n) is 19.9. The van der Waals surface area contributed by atoms with Gasteiger partial charge in [-0.15, -0.1) is 0 Å². The molecule has 0 bridgehead atoms. The van der Waals surface area contributed by atoms with E-state index in [1.165, 1.54) is 18.2 Å². The van der Waals surface area contributed by atoms with Gasteiger partial charge in [-0.25, -0.2) is 8.60 Å². The van der Waals surface area contributed by atoms with Crippen LogP contribution in [0.1, 0.15) is 60.7 Å². The Morgan fingerprint density at radius 3 is 2.33 bits per heavy atom. The Balaban J connectivity index is 1.97. The van der Waals surface area contributed by atoms with E-state index in [0.717, 1.165) is 12.1 Å². The molecule has 1 amide bonds. The molecule has 2 aromatic carbocycles. The van der Waals surface area contributed by atoms with Gasteiger partial charge in [-0.1, -0.05) is 48.3 Å². The molecule has 0 radical (unpaired) electrons. The van der Waals surface area contributed by atoms with Gasteiger partial charge in [0, 0.05) is 28.6 Å². The van der Waals surface area contributed by atoms with Crippen molar-refractivity contribution in [2.24, 2.45) is 9.52 Å². The molecule has 0 saturated heterocycles. The van der Waals surface area contributed by atoms with E-state index in [2.05, 4.69) is 9.52 Å². The van der Waals surface area contributed by atoms with Crippen molar-refractivity contribution in [3.8, 4) is 0 Å². The van der Waals surface area contributed by atoms with Gasteiger partial charge in [0.25, 0.3) is 11.5 Å². The Kier molecular flexibility index (Phi) is 8.13. The molecule has 12 heteroatoms. The number of oxime groups is 1. The lowest BCUT2D eigenvalue weighted by atomic mass is 9.86. The average molecular weight is 567 g/mol. The third-order valence-corrected chi connectivity index (χ3v) is 9.72. The highest BCUT2D eigenvalue weighted by atomic mass is 35.5. The lowest BCUT2D eigenvalue weighted by Gasteiger charge is -2.29. The number of carbonyl (C=O) groups is 1. The second-order valence-corrected chi connectivity index (χ2v) is 12.3. The van der Waals surface area contributed by atoms with Gasteiger partial charge in [-0.2, -0.15) is 17.5 Å². The first kappa shape index (κ1) is 28.4. The normalized spacial score (nSPS) is 20.3. The molecule has 196 valence electrons. The molecule has 0 aromatic heterocycles. The van der Waals surface area contributed by atoms with Crippen molar-refractivity contribution in [3.63, 3.8) is 0 Å². The van der Waals surface area contributed by atoms with Crippen molar-refractivity contribution < 1.29 is 31.4 Å². The minimum absolute atomic E-state index is 0.0418. The van der Waals surface area contributed by atoms with Crippen molar-refractivity contribution >= 4 is 44.5 Å². The van der Waals surface area contributed by atoms with Crippen molar-refractivity contribution in [1.82, 2.24) is 0 Å². The summed E-state index contributed by atoms with van der Waals surface area (Å²) in [6.07, 6.45) is -5.08. The highest BCUT2D eigenvalue weighted by Crippen LogP contribution is 2.50. The number of amides is 1. The summed E-state index contributed by atoms with van der Waals surface area (Å²) in [6.45, 7) is 6.93. The Morgan fingerprint density at radius 1 is 1.22 bits per heavy atom. The summed E-state index contributed by atoms with van der Waals surface area (Å²) < 4.78 is 73.6. The summed E-state index contributed by atoms with van der Waals surface area (Å²) >= 11 is 11.5. The summed E-state index contributed by atoms with van der Waals surface area (Å²) in [7, 11) is -2.76. The molecule has 0 aliphatic carbocycles. The fraction of sp³-hybridized carbons (Fsp3) is 0.417. The third kappa shape index (κ3) is 5.13. The molecule has 3 rings (SSSR count). The van der Waals surface area contributed by atoms with Crippen LogP contribution in [0.5, 0.6) is 0 Å². The molecule has 0 fully saturated rings. The summed E-state index contributed by atoms with van der Waals surface area (Å²) in [5, 5.41) is 2.23. The van der Waals surface area contributed by atoms with Gasteiger partial charge >= 0.3 is 6.18 Å². The summed E-state index contributed by atoms with van der Waals surface area (Å²) in [6, 6.07) is 5.94. The molecule has 1 aliphatic heterocycles. The van der Waals surface area contributed by atoms with E-state index in [1.54, 1.807) is 20.8 Å². The van der Waals surface area contributed by atoms with Crippen LogP contribution < -0.4 is 0 Å². The van der Waals surface area contributed by atoms with Gasteiger partial charge in [0.05, 0.1) is 25.5 Å². The molecule has 3 atom stereocenters. The second kappa shape index (κ2) is 10.3. The van der Waals surface area contributed by atoms with Crippen LogP contribution in [0.2, 0.25) is 10.0 Å². The topological polar surface area (TPSA) is 68.1 Å². The van der Waals surface area contributed by atoms with E-state index in [9.17, 15) is 26.6 Å². The predicted octanol–water partition coefficient (Wildman–Crippen LogP) is 7.45. The van der Waals surface area contributed by atoms with Crippen LogP contribution in [-0.4, -0.2) is 33.0 Å². The fourth-order valence-electron chi connectivity index (χ4n) is 3.82. The van der Waals surface area contributed by atoms with E-state index < -0.39 is 55.3 Å². The minimum Gasteiger partial charge on any atom is -0.374 e. The van der Waals surface area contributed by atoms with Crippen molar-refractivity contribution in [2.75, 3.05) is 5.75 Å². The lowest BCUT2D eigenvalue weighted by Crippen LogP contribution is -2.42. The Morgan fingerprint density at radius 2 is 1.83 bits per heavy atom. The first-order valence-electron chi connectivity index (χ1n) is 11.0. The predicted molar refractivity (Wildman–Crippen MR) is 133 cm³/mol. The highest BCUT2D eigenvalue weighted by molar-refractivity contribution is 7.94. The van der Waals surface area contributed by atoms with E-state index >= 15 is 0 Å².